The minimum absolute atomic E-state index is 0.171. The molecule has 0 bridgehead atoms. The smallest absolute Gasteiger partial charge is 0.272 e. The molecule has 1 atom stereocenters. The van der Waals surface area contributed by atoms with Gasteiger partial charge in [0.1, 0.15) is 11.5 Å². The van der Waals surface area contributed by atoms with Gasteiger partial charge in [0, 0.05) is 16.8 Å². The summed E-state index contributed by atoms with van der Waals surface area (Å²) in [6.07, 6.45) is 2.85. The van der Waals surface area contributed by atoms with E-state index in [2.05, 4.69) is 10.4 Å². The number of carbonyl (C=O) groups is 1. The van der Waals surface area contributed by atoms with E-state index in [1.807, 2.05) is 60.1 Å². The Kier molecular flexibility index (Phi) is 5.25. The monoisotopic (exact) mass is 391 g/mol. The van der Waals surface area contributed by atoms with Crippen LogP contribution < -0.4 is 14.8 Å². The number of fused-ring (bicyclic) bond motifs is 1. The summed E-state index contributed by atoms with van der Waals surface area (Å²) in [4.78, 5) is 13.1. The highest BCUT2D eigenvalue weighted by atomic mass is 16.5. The Morgan fingerprint density at radius 1 is 1.10 bits per heavy atom. The van der Waals surface area contributed by atoms with Gasteiger partial charge in [-0.1, -0.05) is 18.2 Å². The first-order valence-corrected chi connectivity index (χ1v) is 9.81. The zero-order chi connectivity index (χ0) is 20.4. The number of benzene rings is 2. The van der Waals surface area contributed by atoms with Gasteiger partial charge in [-0.3, -0.25) is 4.79 Å². The first kappa shape index (κ1) is 19.1. The van der Waals surface area contributed by atoms with E-state index in [0.717, 1.165) is 47.5 Å². The zero-order valence-corrected chi connectivity index (χ0v) is 16.9. The van der Waals surface area contributed by atoms with Crippen LogP contribution in [0.3, 0.4) is 0 Å². The maximum Gasteiger partial charge on any atom is 0.272 e. The lowest BCUT2D eigenvalue weighted by atomic mass is 10.1. The molecule has 0 spiro atoms. The molecule has 29 heavy (non-hydrogen) atoms. The van der Waals surface area contributed by atoms with Crippen molar-refractivity contribution in [3.05, 3.63) is 71.0 Å². The van der Waals surface area contributed by atoms with Crippen molar-refractivity contribution in [2.75, 3.05) is 14.2 Å². The second-order valence-corrected chi connectivity index (χ2v) is 7.18. The van der Waals surface area contributed by atoms with Gasteiger partial charge in [0.15, 0.2) is 5.69 Å². The standard InChI is InChI=1S/C23H25N3O3/c1-15(19-14-17(28-2)12-13-21(19)29-3)24-23(27)22-18-10-7-11-20(18)26(25-22)16-8-5-4-6-9-16/h4-6,8-9,12-15H,7,10-11H2,1-3H3,(H,24,27). The minimum Gasteiger partial charge on any atom is -0.497 e. The molecule has 0 saturated carbocycles. The topological polar surface area (TPSA) is 65.4 Å². The summed E-state index contributed by atoms with van der Waals surface area (Å²) in [6, 6.07) is 15.3. The highest BCUT2D eigenvalue weighted by molar-refractivity contribution is 5.94. The molecule has 6 nitrogen and oxygen atoms in total. The third-order valence-electron chi connectivity index (χ3n) is 5.40. The molecule has 0 aliphatic heterocycles. The molecule has 1 heterocycles. The Bertz CT molecular complexity index is 1030. The highest BCUT2D eigenvalue weighted by Crippen LogP contribution is 2.31. The molecule has 1 amide bonds. The SMILES string of the molecule is COc1ccc(OC)c(C(C)NC(=O)c2nn(-c3ccccc3)c3c2CCC3)c1. The van der Waals surface area contributed by atoms with Gasteiger partial charge in [0.25, 0.3) is 5.91 Å². The van der Waals surface area contributed by atoms with E-state index in [9.17, 15) is 4.79 Å². The van der Waals surface area contributed by atoms with Gasteiger partial charge in [-0.15, -0.1) is 0 Å². The number of aromatic nitrogens is 2. The molecule has 1 aliphatic rings. The van der Waals surface area contributed by atoms with Crippen molar-refractivity contribution in [2.45, 2.75) is 32.2 Å². The van der Waals surface area contributed by atoms with Crippen molar-refractivity contribution in [3.63, 3.8) is 0 Å². The first-order valence-electron chi connectivity index (χ1n) is 9.81. The third-order valence-corrected chi connectivity index (χ3v) is 5.40. The van der Waals surface area contributed by atoms with Crippen LogP contribution in [0.15, 0.2) is 48.5 Å². The van der Waals surface area contributed by atoms with Crippen molar-refractivity contribution in [3.8, 4) is 17.2 Å². The summed E-state index contributed by atoms with van der Waals surface area (Å²) in [5.74, 6) is 1.25. The lowest BCUT2D eigenvalue weighted by Crippen LogP contribution is -2.28. The summed E-state index contributed by atoms with van der Waals surface area (Å²) >= 11 is 0. The molecule has 0 fully saturated rings. The Hall–Kier alpha value is -3.28. The molecule has 1 aliphatic carbocycles. The van der Waals surface area contributed by atoms with E-state index >= 15 is 0 Å². The third kappa shape index (κ3) is 3.58. The highest BCUT2D eigenvalue weighted by Gasteiger charge is 2.28. The van der Waals surface area contributed by atoms with Gasteiger partial charge < -0.3 is 14.8 Å². The quantitative estimate of drug-likeness (QED) is 0.693. The maximum atomic E-state index is 13.1. The molecule has 0 saturated heterocycles. The van der Waals surface area contributed by atoms with Crippen molar-refractivity contribution >= 4 is 5.91 Å². The second kappa shape index (κ2) is 7.99. The van der Waals surface area contributed by atoms with Crippen LogP contribution in [0.4, 0.5) is 0 Å². The number of rotatable bonds is 6. The molecule has 6 heteroatoms. The molecule has 1 N–H and O–H groups in total. The van der Waals surface area contributed by atoms with Gasteiger partial charge >= 0.3 is 0 Å². The van der Waals surface area contributed by atoms with Crippen LogP contribution >= 0.6 is 0 Å². The number of nitrogens with zero attached hydrogens (tertiary/aromatic N) is 2. The van der Waals surface area contributed by atoms with Crippen molar-refractivity contribution in [1.82, 2.24) is 15.1 Å². The normalized spacial score (nSPS) is 13.6. The minimum atomic E-state index is -0.258. The molecule has 150 valence electrons. The summed E-state index contributed by atoms with van der Waals surface area (Å²) in [6.45, 7) is 1.93. The summed E-state index contributed by atoms with van der Waals surface area (Å²) in [7, 11) is 3.24. The number of carbonyl (C=O) groups excluding carboxylic acids is 1. The van der Waals surface area contributed by atoms with Crippen LogP contribution in [0.1, 0.15) is 46.7 Å². The van der Waals surface area contributed by atoms with Gasteiger partial charge in [-0.2, -0.15) is 5.10 Å². The predicted molar refractivity (Wildman–Crippen MR) is 111 cm³/mol. The van der Waals surface area contributed by atoms with Crippen LogP contribution in [-0.4, -0.2) is 29.9 Å². The fourth-order valence-corrected chi connectivity index (χ4v) is 3.92. The van der Waals surface area contributed by atoms with E-state index < -0.39 is 0 Å². The first-order chi connectivity index (χ1) is 14.1. The van der Waals surface area contributed by atoms with Crippen LogP contribution in [0.25, 0.3) is 5.69 Å². The van der Waals surface area contributed by atoms with Gasteiger partial charge in [-0.25, -0.2) is 4.68 Å². The lowest BCUT2D eigenvalue weighted by Gasteiger charge is -2.18. The van der Waals surface area contributed by atoms with Crippen LogP contribution in [0.2, 0.25) is 0 Å². The number of para-hydroxylation sites is 1. The van der Waals surface area contributed by atoms with Crippen LogP contribution in [0.5, 0.6) is 11.5 Å². The van der Waals surface area contributed by atoms with Crippen LogP contribution in [-0.2, 0) is 12.8 Å². The Labute approximate surface area is 170 Å². The van der Waals surface area contributed by atoms with E-state index in [1.165, 1.54) is 0 Å². The van der Waals surface area contributed by atoms with Gasteiger partial charge in [0.05, 0.1) is 25.9 Å². The number of ether oxygens (including phenoxy) is 2. The molecule has 1 unspecified atom stereocenters. The second-order valence-electron chi connectivity index (χ2n) is 7.18. The summed E-state index contributed by atoms with van der Waals surface area (Å²) in [5.41, 5.74) is 4.53. The fourth-order valence-electron chi connectivity index (χ4n) is 3.92. The molecule has 1 aromatic heterocycles. The Balaban J connectivity index is 1.63. The number of hydrogen-bond acceptors (Lipinski definition) is 4. The van der Waals surface area contributed by atoms with Crippen molar-refractivity contribution in [2.24, 2.45) is 0 Å². The zero-order valence-electron chi connectivity index (χ0n) is 16.9. The molecule has 0 radical (unpaired) electrons. The van der Waals surface area contributed by atoms with E-state index in [-0.39, 0.29) is 11.9 Å². The molecular weight excluding hydrogens is 366 g/mol. The van der Waals surface area contributed by atoms with E-state index in [4.69, 9.17) is 9.47 Å². The van der Waals surface area contributed by atoms with E-state index in [1.54, 1.807) is 14.2 Å². The average molecular weight is 391 g/mol. The summed E-state index contributed by atoms with van der Waals surface area (Å²) < 4.78 is 12.7. The lowest BCUT2D eigenvalue weighted by molar-refractivity contribution is 0.0933. The molecule has 4 rings (SSSR count). The molecular formula is C23H25N3O3. The van der Waals surface area contributed by atoms with E-state index in [0.29, 0.717) is 11.4 Å². The molecule has 2 aromatic carbocycles. The number of methoxy groups -OCH3 is 2. The largest absolute Gasteiger partial charge is 0.497 e. The van der Waals surface area contributed by atoms with Gasteiger partial charge in [-0.05, 0) is 56.5 Å². The van der Waals surface area contributed by atoms with Crippen molar-refractivity contribution in [1.29, 1.82) is 0 Å². The molecule has 3 aromatic rings. The van der Waals surface area contributed by atoms with Crippen molar-refractivity contribution < 1.29 is 14.3 Å². The van der Waals surface area contributed by atoms with Crippen LogP contribution in [0, 0.1) is 0 Å². The Morgan fingerprint density at radius 2 is 1.90 bits per heavy atom. The summed E-state index contributed by atoms with van der Waals surface area (Å²) in [5, 5.41) is 7.76. The number of amides is 1. The van der Waals surface area contributed by atoms with Gasteiger partial charge in [0.2, 0.25) is 0 Å². The predicted octanol–water partition coefficient (Wildman–Crippen LogP) is 3.87. The number of hydrogen-bond donors (Lipinski definition) is 1. The average Bonchev–Trinajstić information content (AvgIpc) is 3.36. The maximum absolute atomic E-state index is 13.1. The fraction of sp³-hybridized carbons (Fsp3) is 0.304. The number of nitrogens with one attached hydrogen (secondary N) is 1. The Morgan fingerprint density at radius 3 is 2.62 bits per heavy atom.